The van der Waals surface area contributed by atoms with Crippen molar-refractivity contribution < 1.29 is 0 Å². The third-order valence-corrected chi connectivity index (χ3v) is 4.61. The van der Waals surface area contributed by atoms with Gasteiger partial charge in [0.05, 0.1) is 5.69 Å². The lowest BCUT2D eigenvalue weighted by atomic mass is 10.0. The smallest absolute Gasteiger partial charge is 0.0544 e. The maximum atomic E-state index is 4.65. The number of nitrogens with zero attached hydrogens (tertiary/aromatic N) is 2. The second-order valence-electron chi connectivity index (χ2n) is 6.74. The fraction of sp³-hybridized carbons (Fsp3) is 0.706. The van der Waals surface area contributed by atoms with Crippen molar-refractivity contribution in [3.63, 3.8) is 0 Å². The SMILES string of the molecule is CC(C)C1CCCN1Cc1ccc(CNC2CC2)cn1. The number of aromatic nitrogens is 1. The van der Waals surface area contributed by atoms with Gasteiger partial charge in [0.1, 0.15) is 0 Å². The lowest BCUT2D eigenvalue weighted by Gasteiger charge is -2.27. The first-order valence-corrected chi connectivity index (χ1v) is 8.13. The van der Waals surface area contributed by atoms with Gasteiger partial charge in [0.2, 0.25) is 0 Å². The molecular weight excluding hydrogens is 246 g/mol. The van der Waals surface area contributed by atoms with Gasteiger partial charge >= 0.3 is 0 Å². The van der Waals surface area contributed by atoms with E-state index in [9.17, 15) is 0 Å². The summed E-state index contributed by atoms with van der Waals surface area (Å²) in [6, 6.07) is 5.96. The molecule has 1 aliphatic heterocycles. The average molecular weight is 273 g/mol. The number of hydrogen-bond acceptors (Lipinski definition) is 3. The van der Waals surface area contributed by atoms with Gasteiger partial charge in [-0.2, -0.15) is 0 Å². The van der Waals surface area contributed by atoms with Crippen LogP contribution in [-0.2, 0) is 13.1 Å². The number of hydrogen-bond donors (Lipinski definition) is 1. The minimum atomic E-state index is 0.744. The van der Waals surface area contributed by atoms with Gasteiger partial charge in [-0.1, -0.05) is 19.9 Å². The van der Waals surface area contributed by atoms with Gasteiger partial charge in [-0.15, -0.1) is 0 Å². The molecule has 110 valence electrons. The van der Waals surface area contributed by atoms with Crippen LogP contribution >= 0.6 is 0 Å². The molecule has 2 heterocycles. The van der Waals surface area contributed by atoms with Crippen molar-refractivity contribution in [2.24, 2.45) is 5.92 Å². The Bertz CT molecular complexity index is 422. The van der Waals surface area contributed by atoms with Gasteiger partial charge in [0.15, 0.2) is 0 Å². The predicted octanol–water partition coefficient (Wildman–Crippen LogP) is 2.95. The van der Waals surface area contributed by atoms with Crippen molar-refractivity contribution in [3.05, 3.63) is 29.6 Å². The number of likely N-dealkylation sites (tertiary alicyclic amines) is 1. The minimum Gasteiger partial charge on any atom is -0.310 e. The van der Waals surface area contributed by atoms with E-state index in [1.54, 1.807) is 0 Å². The highest BCUT2D eigenvalue weighted by Crippen LogP contribution is 2.25. The lowest BCUT2D eigenvalue weighted by Crippen LogP contribution is -2.33. The summed E-state index contributed by atoms with van der Waals surface area (Å²) in [7, 11) is 0. The Hall–Kier alpha value is -0.930. The molecule has 0 bridgehead atoms. The van der Waals surface area contributed by atoms with Gasteiger partial charge in [0.25, 0.3) is 0 Å². The maximum Gasteiger partial charge on any atom is 0.0544 e. The van der Waals surface area contributed by atoms with Crippen LogP contribution in [-0.4, -0.2) is 28.5 Å². The Morgan fingerprint density at radius 2 is 2.15 bits per heavy atom. The van der Waals surface area contributed by atoms with Gasteiger partial charge in [-0.05, 0) is 49.8 Å². The monoisotopic (exact) mass is 273 g/mol. The van der Waals surface area contributed by atoms with Crippen molar-refractivity contribution in [3.8, 4) is 0 Å². The highest BCUT2D eigenvalue weighted by molar-refractivity contribution is 5.14. The number of nitrogens with one attached hydrogen (secondary N) is 1. The summed E-state index contributed by atoms with van der Waals surface area (Å²) in [4.78, 5) is 7.26. The molecule has 1 saturated heterocycles. The average Bonchev–Trinajstić information content (AvgIpc) is 3.16. The van der Waals surface area contributed by atoms with Crippen LogP contribution in [0.3, 0.4) is 0 Å². The molecule has 0 amide bonds. The Kier molecular flexibility index (Phi) is 4.37. The fourth-order valence-electron chi connectivity index (χ4n) is 3.21. The zero-order chi connectivity index (χ0) is 13.9. The highest BCUT2D eigenvalue weighted by Gasteiger charge is 2.27. The molecule has 0 aromatic carbocycles. The molecule has 3 heteroatoms. The van der Waals surface area contributed by atoms with E-state index in [0.717, 1.165) is 31.1 Å². The zero-order valence-corrected chi connectivity index (χ0v) is 12.8. The number of pyridine rings is 1. The molecule has 1 N–H and O–H groups in total. The largest absolute Gasteiger partial charge is 0.310 e. The topological polar surface area (TPSA) is 28.2 Å². The van der Waals surface area contributed by atoms with E-state index in [2.05, 4.69) is 41.2 Å². The van der Waals surface area contributed by atoms with Crippen molar-refractivity contribution in [2.45, 2.75) is 64.7 Å². The van der Waals surface area contributed by atoms with Crippen LogP contribution in [0.5, 0.6) is 0 Å². The summed E-state index contributed by atoms with van der Waals surface area (Å²) in [5.74, 6) is 0.750. The molecule has 0 radical (unpaired) electrons. The highest BCUT2D eigenvalue weighted by atomic mass is 15.2. The van der Waals surface area contributed by atoms with Crippen molar-refractivity contribution >= 4 is 0 Å². The van der Waals surface area contributed by atoms with E-state index < -0.39 is 0 Å². The van der Waals surface area contributed by atoms with E-state index >= 15 is 0 Å². The molecule has 2 fully saturated rings. The zero-order valence-electron chi connectivity index (χ0n) is 12.8. The van der Waals surface area contributed by atoms with E-state index in [-0.39, 0.29) is 0 Å². The van der Waals surface area contributed by atoms with Crippen LogP contribution in [0.1, 0.15) is 50.8 Å². The van der Waals surface area contributed by atoms with Crippen LogP contribution in [0.2, 0.25) is 0 Å². The van der Waals surface area contributed by atoms with Crippen LogP contribution in [0, 0.1) is 5.92 Å². The summed E-state index contributed by atoms with van der Waals surface area (Å²) >= 11 is 0. The van der Waals surface area contributed by atoms with Crippen molar-refractivity contribution in [1.82, 2.24) is 15.2 Å². The second-order valence-corrected chi connectivity index (χ2v) is 6.74. The van der Waals surface area contributed by atoms with E-state index in [4.69, 9.17) is 0 Å². The fourth-order valence-corrected chi connectivity index (χ4v) is 3.21. The minimum absolute atomic E-state index is 0.744. The van der Waals surface area contributed by atoms with Crippen molar-refractivity contribution in [2.75, 3.05) is 6.54 Å². The molecule has 0 spiro atoms. The van der Waals surface area contributed by atoms with Crippen LogP contribution < -0.4 is 5.32 Å². The Morgan fingerprint density at radius 1 is 1.30 bits per heavy atom. The van der Waals surface area contributed by atoms with Gasteiger partial charge < -0.3 is 5.32 Å². The van der Waals surface area contributed by atoms with Crippen molar-refractivity contribution in [1.29, 1.82) is 0 Å². The summed E-state index contributed by atoms with van der Waals surface area (Å²) in [5.41, 5.74) is 2.52. The molecule has 1 aromatic rings. The molecule has 2 aliphatic rings. The Labute approximate surface area is 122 Å². The molecule has 1 atom stereocenters. The molecular formula is C17H27N3. The van der Waals surface area contributed by atoms with Gasteiger partial charge in [0, 0.05) is 31.4 Å². The Morgan fingerprint density at radius 3 is 2.80 bits per heavy atom. The molecule has 1 unspecified atom stereocenters. The first kappa shape index (κ1) is 14.0. The normalized spacial score (nSPS) is 23.6. The van der Waals surface area contributed by atoms with E-state index in [1.807, 2.05) is 6.20 Å². The molecule has 1 aliphatic carbocycles. The number of rotatable bonds is 6. The second kappa shape index (κ2) is 6.23. The molecule has 1 aromatic heterocycles. The summed E-state index contributed by atoms with van der Waals surface area (Å²) < 4.78 is 0. The first-order valence-electron chi connectivity index (χ1n) is 8.13. The third kappa shape index (κ3) is 3.58. The van der Waals surface area contributed by atoms with E-state index in [1.165, 1.54) is 43.5 Å². The molecule has 1 saturated carbocycles. The third-order valence-electron chi connectivity index (χ3n) is 4.61. The van der Waals surface area contributed by atoms with Gasteiger partial charge in [-0.25, -0.2) is 0 Å². The quantitative estimate of drug-likeness (QED) is 0.863. The van der Waals surface area contributed by atoms with Crippen LogP contribution in [0.15, 0.2) is 18.3 Å². The lowest BCUT2D eigenvalue weighted by molar-refractivity contribution is 0.196. The molecule has 3 nitrogen and oxygen atoms in total. The first-order chi connectivity index (χ1) is 9.72. The molecule has 20 heavy (non-hydrogen) atoms. The summed E-state index contributed by atoms with van der Waals surface area (Å²) in [5, 5.41) is 3.54. The van der Waals surface area contributed by atoms with E-state index in [0.29, 0.717) is 0 Å². The molecule has 3 rings (SSSR count). The predicted molar refractivity (Wildman–Crippen MR) is 82.4 cm³/mol. The van der Waals surface area contributed by atoms with Crippen LogP contribution in [0.4, 0.5) is 0 Å². The van der Waals surface area contributed by atoms with Gasteiger partial charge in [-0.3, -0.25) is 9.88 Å². The summed E-state index contributed by atoms with van der Waals surface area (Å²) in [6.07, 6.45) is 7.42. The van der Waals surface area contributed by atoms with Crippen LogP contribution in [0.25, 0.3) is 0 Å². The standard InChI is InChI=1S/C17H27N3/c1-13(2)17-4-3-9-20(17)12-16-6-5-14(11-19-16)10-18-15-7-8-15/h5-6,11,13,15,17-18H,3-4,7-10,12H2,1-2H3. The Balaban J connectivity index is 1.54. The maximum absolute atomic E-state index is 4.65. The summed E-state index contributed by atoms with van der Waals surface area (Å²) in [6.45, 7) is 7.89.